The van der Waals surface area contributed by atoms with Gasteiger partial charge in [-0.1, -0.05) is 0 Å². The maximum Gasteiger partial charge on any atom is 0.342 e. The van der Waals surface area contributed by atoms with Gasteiger partial charge in [0.1, 0.15) is 18.8 Å². The number of hydrogen-bond donors (Lipinski definition) is 0. The number of carbonyl (C=O) groups is 2. The lowest BCUT2D eigenvalue weighted by atomic mass is 9.93. The van der Waals surface area contributed by atoms with Crippen molar-refractivity contribution in [1.82, 2.24) is 0 Å². The number of rotatable bonds is 11. The summed E-state index contributed by atoms with van der Waals surface area (Å²) >= 11 is 0. The molecule has 0 saturated heterocycles. The van der Waals surface area contributed by atoms with Gasteiger partial charge in [0.05, 0.1) is 33.0 Å². The van der Waals surface area contributed by atoms with E-state index in [2.05, 4.69) is 0 Å². The number of hydrogen-bond acceptors (Lipinski definition) is 10. The number of methoxy groups -OCH3 is 4. The van der Waals surface area contributed by atoms with Crippen molar-refractivity contribution in [3.8, 4) is 34.1 Å². The van der Waals surface area contributed by atoms with Crippen molar-refractivity contribution >= 4 is 11.9 Å². The van der Waals surface area contributed by atoms with Crippen molar-refractivity contribution in [2.24, 2.45) is 0 Å². The van der Waals surface area contributed by atoms with Crippen molar-refractivity contribution in [3.05, 3.63) is 35.4 Å². The highest BCUT2D eigenvalue weighted by Gasteiger charge is 2.30. The minimum atomic E-state index is -0.655. The van der Waals surface area contributed by atoms with E-state index in [-0.39, 0.29) is 50.1 Å². The van der Waals surface area contributed by atoms with Crippen molar-refractivity contribution < 1.29 is 47.5 Å². The molecule has 2 aromatic carbocycles. The Morgan fingerprint density at radius 1 is 0.788 bits per heavy atom. The van der Waals surface area contributed by atoms with Crippen LogP contribution in [0, 0.1) is 0 Å². The SMILES string of the molecule is COCCOC(=O)c1cc(OC)c(OC)cc1-c1ccc2c(c1C(=O)OCCOC)OCO2. The van der Waals surface area contributed by atoms with E-state index in [4.69, 9.17) is 37.9 Å². The van der Waals surface area contributed by atoms with Crippen LogP contribution in [0.25, 0.3) is 11.1 Å². The van der Waals surface area contributed by atoms with Crippen LogP contribution in [0.15, 0.2) is 24.3 Å². The van der Waals surface area contributed by atoms with E-state index >= 15 is 0 Å². The standard InChI is InChI=1S/C23H26O10/c1-26-7-9-30-22(24)16-12-19(29-4)18(28-3)11-15(16)14-5-6-17-21(33-13-32-17)20(14)23(25)31-10-8-27-2/h5-6,11-12H,7-10,13H2,1-4H3. The number of ether oxygens (including phenoxy) is 8. The summed E-state index contributed by atoms with van der Waals surface area (Å²) < 4.78 is 42.3. The minimum absolute atomic E-state index is 0.0388. The third kappa shape index (κ3) is 5.29. The first-order chi connectivity index (χ1) is 16.0. The summed E-state index contributed by atoms with van der Waals surface area (Å²) in [5.41, 5.74) is 1.01. The number of esters is 2. The second kappa shape index (κ2) is 11.4. The summed E-state index contributed by atoms with van der Waals surface area (Å²) in [5, 5.41) is 0. The average molecular weight is 462 g/mol. The van der Waals surface area contributed by atoms with E-state index in [9.17, 15) is 9.59 Å². The Hall–Kier alpha value is -3.50. The van der Waals surface area contributed by atoms with Gasteiger partial charge in [0.25, 0.3) is 0 Å². The van der Waals surface area contributed by atoms with Crippen LogP contribution in [0.4, 0.5) is 0 Å². The lowest BCUT2D eigenvalue weighted by Crippen LogP contribution is -2.14. The molecule has 2 aromatic rings. The molecule has 0 bridgehead atoms. The van der Waals surface area contributed by atoms with Gasteiger partial charge in [-0.15, -0.1) is 0 Å². The summed E-state index contributed by atoms with van der Waals surface area (Å²) in [6.45, 7) is 0.499. The van der Waals surface area contributed by atoms with Crippen molar-refractivity contribution in [3.63, 3.8) is 0 Å². The van der Waals surface area contributed by atoms with E-state index in [1.54, 1.807) is 18.2 Å². The molecule has 10 nitrogen and oxygen atoms in total. The third-order valence-corrected chi connectivity index (χ3v) is 4.82. The van der Waals surface area contributed by atoms with Crippen molar-refractivity contribution in [2.45, 2.75) is 0 Å². The second-order valence-electron chi connectivity index (χ2n) is 6.73. The molecule has 0 saturated carbocycles. The van der Waals surface area contributed by atoms with Gasteiger partial charge in [-0.05, 0) is 24.3 Å². The topological polar surface area (TPSA) is 108 Å². The molecule has 0 unspecified atom stereocenters. The fraction of sp³-hybridized carbons (Fsp3) is 0.391. The molecule has 3 rings (SSSR count). The molecule has 0 amide bonds. The van der Waals surface area contributed by atoms with Gasteiger partial charge in [-0.2, -0.15) is 0 Å². The van der Waals surface area contributed by atoms with Gasteiger partial charge < -0.3 is 37.9 Å². The summed E-state index contributed by atoms with van der Waals surface area (Å²) in [5.74, 6) is 0.0185. The molecule has 0 spiro atoms. The van der Waals surface area contributed by atoms with Crippen molar-refractivity contribution in [2.75, 3.05) is 61.7 Å². The highest BCUT2D eigenvalue weighted by atomic mass is 16.7. The largest absolute Gasteiger partial charge is 0.493 e. The molecule has 0 N–H and O–H groups in total. The maximum atomic E-state index is 13.0. The minimum Gasteiger partial charge on any atom is -0.493 e. The molecule has 1 aliphatic heterocycles. The highest BCUT2D eigenvalue weighted by Crippen LogP contribution is 2.44. The molecule has 0 atom stereocenters. The molecule has 33 heavy (non-hydrogen) atoms. The molecule has 178 valence electrons. The quantitative estimate of drug-likeness (QED) is 0.365. The maximum absolute atomic E-state index is 13.0. The van der Waals surface area contributed by atoms with E-state index < -0.39 is 11.9 Å². The second-order valence-corrected chi connectivity index (χ2v) is 6.73. The predicted octanol–water partition coefficient (Wildman–Crippen LogP) is 2.71. The molecule has 0 radical (unpaired) electrons. The fourth-order valence-electron chi connectivity index (χ4n) is 3.26. The van der Waals surface area contributed by atoms with Gasteiger partial charge in [-0.25, -0.2) is 9.59 Å². The van der Waals surface area contributed by atoms with Crippen LogP contribution in [0.2, 0.25) is 0 Å². The van der Waals surface area contributed by atoms with E-state index in [0.717, 1.165) is 0 Å². The first kappa shape index (κ1) is 24.1. The van der Waals surface area contributed by atoms with Gasteiger partial charge in [0, 0.05) is 25.3 Å². The normalized spacial score (nSPS) is 11.8. The first-order valence-corrected chi connectivity index (χ1v) is 10.1. The smallest absolute Gasteiger partial charge is 0.342 e. The van der Waals surface area contributed by atoms with Crippen LogP contribution in [-0.4, -0.2) is 73.6 Å². The van der Waals surface area contributed by atoms with Crippen LogP contribution in [0.5, 0.6) is 23.0 Å². The van der Waals surface area contributed by atoms with E-state index in [1.807, 2.05) is 0 Å². The van der Waals surface area contributed by atoms with Crippen LogP contribution >= 0.6 is 0 Å². The number of benzene rings is 2. The molecule has 1 aliphatic rings. The average Bonchev–Trinajstić information content (AvgIpc) is 3.31. The molecule has 0 fully saturated rings. The Morgan fingerprint density at radius 3 is 2.06 bits per heavy atom. The fourth-order valence-corrected chi connectivity index (χ4v) is 3.26. The lowest BCUT2D eigenvalue weighted by molar-refractivity contribution is 0.0376. The highest BCUT2D eigenvalue weighted by molar-refractivity contribution is 6.06. The summed E-state index contributed by atoms with van der Waals surface area (Å²) in [6.07, 6.45) is 0. The zero-order valence-corrected chi connectivity index (χ0v) is 18.9. The Bertz CT molecular complexity index is 1000. The first-order valence-electron chi connectivity index (χ1n) is 10.1. The Balaban J connectivity index is 2.16. The Kier molecular flexibility index (Phi) is 8.34. The van der Waals surface area contributed by atoms with Crippen LogP contribution < -0.4 is 18.9 Å². The molecule has 0 aromatic heterocycles. The van der Waals surface area contributed by atoms with Gasteiger partial charge in [0.15, 0.2) is 23.0 Å². The Morgan fingerprint density at radius 2 is 1.42 bits per heavy atom. The Labute approximate surface area is 191 Å². The molecular weight excluding hydrogens is 436 g/mol. The third-order valence-electron chi connectivity index (χ3n) is 4.82. The summed E-state index contributed by atoms with van der Waals surface area (Å²) in [6, 6.07) is 6.39. The predicted molar refractivity (Wildman–Crippen MR) is 115 cm³/mol. The molecular formula is C23H26O10. The lowest BCUT2D eigenvalue weighted by Gasteiger charge is -2.17. The zero-order valence-electron chi connectivity index (χ0n) is 18.9. The monoisotopic (exact) mass is 462 g/mol. The van der Waals surface area contributed by atoms with Gasteiger partial charge in [-0.3, -0.25) is 0 Å². The van der Waals surface area contributed by atoms with Gasteiger partial charge >= 0.3 is 11.9 Å². The van der Waals surface area contributed by atoms with Crippen LogP contribution in [0.1, 0.15) is 20.7 Å². The summed E-state index contributed by atoms with van der Waals surface area (Å²) in [7, 11) is 5.93. The van der Waals surface area contributed by atoms with E-state index in [0.29, 0.717) is 28.4 Å². The molecule has 10 heteroatoms. The van der Waals surface area contributed by atoms with Gasteiger partial charge in [0.2, 0.25) is 6.79 Å². The summed E-state index contributed by atoms with van der Waals surface area (Å²) in [4.78, 5) is 26.0. The zero-order chi connectivity index (χ0) is 23.8. The van der Waals surface area contributed by atoms with E-state index in [1.165, 1.54) is 34.5 Å². The van der Waals surface area contributed by atoms with Crippen LogP contribution in [0.3, 0.4) is 0 Å². The van der Waals surface area contributed by atoms with Crippen molar-refractivity contribution in [1.29, 1.82) is 0 Å². The number of fused-ring (bicyclic) bond motifs is 1. The van der Waals surface area contributed by atoms with Crippen LogP contribution in [-0.2, 0) is 18.9 Å². The molecule has 0 aliphatic carbocycles. The molecule has 1 heterocycles. The number of carbonyl (C=O) groups excluding carboxylic acids is 2.